The van der Waals surface area contributed by atoms with Gasteiger partial charge in [0.1, 0.15) is 6.23 Å². The molecule has 4 heteroatoms. The Kier molecular flexibility index (Phi) is 6.39. The first kappa shape index (κ1) is 17.8. The van der Waals surface area contributed by atoms with Crippen LogP contribution < -0.4 is 0 Å². The minimum Gasteiger partial charge on any atom is -0.357 e. The van der Waals surface area contributed by atoms with Gasteiger partial charge in [-0.2, -0.15) is 0 Å². The van der Waals surface area contributed by atoms with Crippen LogP contribution in [0.3, 0.4) is 0 Å². The molecule has 0 N–H and O–H groups in total. The first-order valence-electron chi connectivity index (χ1n) is 8.00. The Morgan fingerprint density at radius 3 is 2.30 bits per heavy atom. The van der Waals surface area contributed by atoms with Crippen molar-refractivity contribution in [1.29, 1.82) is 0 Å². The summed E-state index contributed by atoms with van der Waals surface area (Å²) in [5.41, 5.74) is 0. The minimum absolute atomic E-state index is 0.0184. The Balaban J connectivity index is 0.000000956. The topological polar surface area (TPSA) is 29.5 Å². The third-order valence-electron chi connectivity index (χ3n) is 3.62. The summed E-state index contributed by atoms with van der Waals surface area (Å²) in [6.07, 6.45) is 2.04. The summed E-state index contributed by atoms with van der Waals surface area (Å²) in [7, 11) is 0. The molecule has 2 fully saturated rings. The average Bonchev–Trinajstić information content (AvgIpc) is 3.19. The fourth-order valence-corrected chi connectivity index (χ4v) is 4.09. The number of hydrogen-bond donors (Lipinski definition) is 0. The highest BCUT2D eigenvalue weighted by Gasteiger charge is 2.53. The largest absolute Gasteiger partial charge is 0.357 e. The first-order valence-corrected chi connectivity index (χ1v) is 8.88. The van der Waals surface area contributed by atoms with Crippen LogP contribution in [0, 0.1) is 11.8 Å². The summed E-state index contributed by atoms with van der Waals surface area (Å²) in [6, 6.07) is 0. The zero-order valence-corrected chi connectivity index (χ0v) is 14.9. The van der Waals surface area contributed by atoms with Gasteiger partial charge in [0, 0.05) is 12.5 Å². The van der Waals surface area contributed by atoms with Crippen LogP contribution in [-0.2, 0) is 9.53 Å². The van der Waals surface area contributed by atoms with E-state index in [1.165, 1.54) is 0 Å². The maximum absolute atomic E-state index is 12.5. The molecule has 0 bridgehead atoms. The van der Waals surface area contributed by atoms with Crippen LogP contribution >= 0.6 is 11.8 Å². The lowest BCUT2D eigenvalue weighted by molar-refractivity contribution is -0.150. The number of thioether (sulfide) groups is 1. The number of nitrogens with zero attached hydrogens (tertiary/aromatic N) is 1. The number of carbonyl (C=O) groups is 1. The second-order valence-electron chi connectivity index (χ2n) is 6.18. The fraction of sp³-hybridized carbons (Fsp3) is 0.938. The molecule has 1 aliphatic carbocycles. The Hall–Kier alpha value is -0.220. The van der Waals surface area contributed by atoms with E-state index in [-0.39, 0.29) is 22.3 Å². The summed E-state index contributed by atoms with van der Waals surface area (Å²) in [5, 5.41) is 0.254. The molecule has 0 aromatic heterocycles. The van der Waals surface area contributed by atoms with Crippen molar-refractivity contribution in [2.24, 2.45) is 11.8 Å². The van der Waals surface area contributed by atoms with Gasteiger partial charge in [-0.15, -0.1) is 11.8 Å². The van der Waals surface area contributed by atoms with Gasteiger partial charge in [0.2, 0.25) is 5.91 Å². The van der Waals surface area contributed by atoms with Crippen molar-refractivity contribution < 1.29 is 9.53 Å². The molecule has 118 valence electrons. The number of carbonyl (C=O) groups excluding carboxylic acids is 1. The van der Waals surface area contributed by atoms with E-state index in [4.69, 9.17) is 4.74 Å². The van der Waals surface area contributed by atoms with E-state index in [0.717, 1.165) is 12.8 Å². The Morgan fingerprint density at radius 2 is 1.90 bits per heavy atom. The molecular weight excluding hydrogens is 270 g/mol. The highest BCUT2D eigenvalue weighted by molar-refractivity contribution is 8.01. The second kappa shape index (κ2) is 7.17. The van der Waals surface area contributed by atoms with Crippen molar-refractivity contribution in [1.82, 2.24) is 4.90 Å². The van der Waals surface area contributed by atoms with Gasteiger partial charge in [-0.1, -0.05) is 27.7 Å². The Bertz CT molecular complexity index is 326. The smallest absolute Gasteiger partial charge is 0.228 e. The molecule has 0 spiro atoms. The molecule has 1 saturated heterocycles. The predicted octanol–water partition coefficient (Wildman–Crippen LogP) is 4.12. The zero-order chi connectivity index (χ0) is 15.5. The molecule has 2 rings (SSSR count). The van der Waals surface area contributed by atoms with Crippen LogP contribution in [0.5, 0.6) is 0 Å². The highest BCUT2D eigenvalue weighted by Crippen LogP contribution is 2.49. The number of rotatable bonds is 4. The van der Waals surface area contributed by atoms with E-state index in [1.54, 1.807) is 0 Å². The van der Waals surface area contributed by atoms with Crippen molar-refractivity contribution >= 4 is 17.7 Å². The summed E-state index contributed by atoms with van der Waals surface area (Å²) in [5.74, 6) is 1.04. The lowest BCUT2D eigenvalue weighted by atomic mass is 10.1. The number of hydrogen-bond acceptors (Lipinski definition) is 3. The SMILES string of the molecule is CC.CCOC1N(C(=O)C2CC2)C(C(C)C)SC1(C)C. The van der Waals surface area contributed by atoms with E-state index in [1.807, 2.05) is 37.4 Å². The van der Waals surface area contributed by atoms with E-state index < -0.39 is 0 Å². The maximum Gasteiger partial charge on any atom is 0.228 e. The van der Waals surface area contributed by atoms with Gasteiger partial charge >= 0.3 is 0 Å². The summed E-state index contributed by atoms with van der Waals surface area (Å²) >= 11 is 1.89. The molecule has 3 nitrogen and oxygen atoms in total. The van der Waals surface area contributed by atoms with Crippen LogP contribution in [0.1, 0.15) is 61.3 Å². The van der Waals surface area contributed by atoms with Crippen LogP contribution in [0.4, 0.5) is 0 Å². The van der Waals surface area contributed by atoms with Gasteiger partial charge in [-0.05, 0) is 39.5 Å². The Morgan fingerprint density at radius 1 is 1.35 bits per heavy atom. The van der Waals surface area contributed by atoms with Gasteiger partial charge in [0.05, 0.1) is 10.1 Å². The molecule has 1 amide bonds. The van der Waals surface area contributed by atoms with Crippen LogP contribution in [0.2, 0.25) is 0 Å². The van der Waals surface area contributed by atoms with Crippen molar-refractivity contribution in [3.8, 4) is 0 Å². The molecular formula is C16H31NO2S. The van der Waals surface area contributed by atoms with Gasteiger partial charge in [-0.25, -0.2) is 0 Å². The first-order chi connectivity index (χ1) is 9.38. The molecule has 1 saturated carbocycles. The number of ether oxygens (including phenoxy) is 1. The van der Waals surface area contributed by atoms with Crippen molar-refractivity contribution in [3.63, 3.8) is 0 Å². The maximum atomic E-state index is 12.5. The second-order valence-corrected chi connectivity index (χ2v) is 7.95. The molecule has 0 aromatic carbocycles. The monoisotopic (exact) mass is 301 g/mol. The van der Waals surface area contributed by atoms with Gasteiger partial charge in [0.25, 0.3) is 0 Å². The normalized spacial score (nSPS) is 28.3. The third-order valence-corrected chi connectivity index (χ3v) is 5.44. The average molecular weight is 301 g/mol. The van der Waals surface area contributed by atoms with Crippen LogP contribution in [0.25, 0.3) is 0 Å². The van der Waals surface area contributed by atoms with Gasteiger partial charge in [-0.3, -0.25) is 4.79 Å². The summed E-state index contributed by atoms with van der Waals surface area (Å²) < 4.78 is 5.88. The number of amides is 1. The fourth-order valence-electron chi connectivity index (χ4n) is 2.57. The Labute approximate surface area is 128 Å². The molecule has 0 aromatic rings. The third kappa shape index (κ3) is 3.70. The molecule has 20 heavy (non-hydrogen) atoms. The van der Waals surface area contributed by atoms with Gasteiger partial charge in [0.15, 0.2) is 0 Å². The molecule has 0 radical (unpaired) electrons. The van der Waals surface area contributed by atoms with E-state index >= 15 is 0 Å². The van der Waals surface area contributed by atoms with Crippen molar-refractivity contribution in [3.05, 3.63) is 0 Å². The molecule has 2 atom stereocenters. The molecule has 2 unspecified atom stereocenters. The molecule has 1 aliphatic heterocycles. The minimum atomic E-state index is -0.0759. The lowest BCUT2D eigenvalue weighted by Crippen LogP contribution is -2.49. The van der Waals surface area contributed by atoms with Crippen LogP contribution in [0.15, 0.2) is 0 Å². The van der Waals surface area contributed by atoms with Crippen LogP contribution in [-0.4, -0.2) is 33.8 Å². The zero-order valence-electron chi connectivity index (χ0n) is 14.1. The van der Waals surface area contributed by atoms with Crippen molar-refractivity contribution in [2.75, 3.05) is 6.61 Å². The summed E-state index contributed by atoms with van der Waals surface area (Å²) in [4.78, 5) is 14.6. The van der Waals surface area contributed by atoms with Gasteiger partial charge < -0.3 is 9.64 Å². The van der Waals surface area contributed by atoms with Crippen molar-refractivity contribution in [2.45, 2.75) is 77.7 Å². The standard InChI is InChI=1S/C14H25NO2S.C2H6/c1-6-17-13-14(4,5)18-12(9(2)3)15(13)11(16)10-7-8-10;1-2/h9-10,12-13H,6-8H2,1-5H3;1-2H3. The highest BCUT2D eigenvalue weighted by atomic mass is 32.2. The molecule has 1 heterocycles. The quantitative estimate of drug-likeness (QED) is 0.782. The lowest BCUT2D eigenvalue weighted by Gasteiger charge is -2.33. The van der Waals surface area contributed by atoms with E-state index in [2.05, 4.69) is 27.7 Å². The van der Waals surface area contributed by atoms with E-state index in [9.17, 15) is 4.79 Å². The summed E-state index contributed by atoms with van der Waals surface area (Å²) in [6.45, 7) is 15.4. The predicted molar refractivity (Wildman–Crippen MR) is 86.6 cm³/mol. The van der Waals surface area contributed by atoms with E-state index in [0.29, 0.717) is 18.4 Å². The molecule has 2 aliphatic rings.